The third kappa shape index (κ3) is 6.86. The maximum Gasteiger partial charge on any atom is 0.307 e. The number of ketones is 1. The fourth-order valence-electron chi connectivity index (χ4n) is 2.15. The third-order valence-electron chi connectivity index (χ3n) is 3.60. The number of amides is 1. The summed E-state index contributed by atoms with van der Waals surface area (Å²) in [5.41, 5.74) is 0.942. The van der Waals surface area contributed by atoms with Gasteiger partial charge in [-0.1, -0.05) is 12.1 Å². The Labute approximate surface area is 161 Å². The number of benzene rings is 2. The van der Waals surface area contributed by atoms with E-state index in [2.05, 4.69) is 5.32 Å². The van der Waals surface area contributed by atoms with E-state index >= 15 is 0 Å². The van der Waals surface area contributed by atoms with Gasteiger partial charge in [0.1, 0.15) is 5.82 Å². The van der Waals surface area contributed by atoms with Crippen LogP contribution in [0.3, 0.4) is 0 Å². The van der Waals surface area contributed by atoms with Gasteiger partial charge in [-0.05, 0) is 50.2 Å². The Morgan fingerprint density at radius 2 is 1.85 bits per heavy atom. The number of thioether (sulfide) groups is 1. The summed E-state index contributed by atoms with van der Waals surface area (Å²) in [6, 6.07) is 12.5. The van der Waals surface area contributed by atoms with Gasteiger partial charge in [0.25, 0.3) is 5.91 Å². The molecule has 0 bridgehead atoms. The van der Waals surface area contributed by atoms with E-state index in [0.717, 1.165) is 4.90 Å². The topological polar surface area (TPSA) is 72.5 Å². The number of anilines is 1. The molecule has 1 amide bonds. The number of nitrogens with one attached hydrogen (secondary N) is 1. The van der Waals surface area contributed by atoms with Gasteiger partial charge in [0, 0.05) is 21.9 Å². The Morgan fingerprint density at radius 3 is 2.52 bits per heavy atom. The second-order valence-electron chi connectivity index (χ2n) is 5.81. The van der Waals surface area contributed by atoms with Crippen LogP contribution in [-0.4, -0.2) is 29.5 Å². The summed E-state index contributed by atoms with van der Waals surface area (Å²) in [5, 5.41) is 2.62. The van der Waals surface area contributed by atoms with Gasteiger partial charge >= 0.3 is 5.97 Å². The molecule has 0 aliphatic carbocycles. The zero-order valence-corrected chi connectivity index (χ0v) is 15.8. The number of rotatable bonds is 8. The van der Waals surface area contributed by atoms with Crippen LogP contribution in [-0.2, 0) is 14.3 Å². The molecular weight excluding hydrogens is 369 g/mol. The Bertz CT molecular complexity index is 823. The number of Topliss-reactive ketones (excluding diaryl/α,β-unsaturated/α-hetero) is 1. The van der Waals surface area contributed by atoms with Crippen LogP contribution in [0, 0.1) is 5.82 Å². The van der Waals surface area contributed by atoms with Crippen molar-refractivity contribution in [2.24, 2.45) is 0 Å². The minimum Gasteiger partial charge on any atom is -0.453 e. The van der Waals surface area contributed by atoms with E-state index in [1.807, 2.05) is 0 Å². The summed E-state index contributed by atoms with van der Waals surface area (Å²) in [5.74, 6) is -0.934. The molecule has 0 fully saturated rings. The van der Waals surface area contributed by atoms with E-state index in [4.69, 9.17) is 4.74 Å². The van der Waals surface area contributed by atoms with Crippen LogP contribution in [0.25, 0.3) is 0 Å². The minimum absolute atomic E-state index is 0.107. The SMILES string of the molecule is CC(=O)c1cccc(NC(=O)[C@H](C)OC(=O)CCSc2ccc(F)cc2)c1. The van der Waals surface area contributed by atoms with Gasteiger partial charge in [-0.15, -0.1) is 11.8 Å². The Kier molecular flexibility index (Phi) is 7.55. The lowest BCUT2D eigenvalue weighted by molar-refractivity contribution is -0.152. The van der Waals surface area contributed by atoms with Crippen LogP contribution in [0.15, 0.2) is 53.4 Å². The molecule has 2 aromatic carbocycles. The molecule has 0 saturated carbocycles. The maximum atomic E-state index is 12.8. The van der Waals surface area contributed by atoms with Crippen molar-refractivity contribution in [2.75, 3.05) is 11.1 Å². The molecule has 0 heterocycles. The zero-order chi connectivity index (χ0) is 19.8. The molecule has 1 atom stereocenters. The monoisotopic (exact) mass is 389 g/mol. The summed E-state index contributed by atoms with van der Waals surface area (Å²) < 4.78 is 18.0. The smallest absolute Gasteiger partial charge is 0.307 e. The molecule has 0 spiro atoms. The highest BCUT2D eigenvalue weighted by atomic mass is 32.2. The van der Waals surface area contributed by atoms with Gasteiger partial charge in [-0.2, -0.15) is 0 Å². The van der Waals surface area contributed by atoms with Crippen LogP contribution >= 0.6 is 11.8 Å². The first-order chi connectivity index (χ1) is 12.8. The normalized spacial score (nSPS) is 11.5. The lowest BCUT2D eigenvalue weighted by atomic mass is 10.1. The molecule has 0 radical (unpaired) electrons. The fourth-order valence-corrected chi connectivity index (χ4v) is 2.99. The standard InChI is InChI=1S/C20H20FNO4S/c1-13(23)15-4-3-5-17(12-15)22-20(25)14(2)26-19(24)10-11-27-18-8-6-16(21)7-9-18/h3-9,12,14H,10-11H2,1-2H3,(H,22,25)/t14-/m0/s1. The predicted molar refractivity (Wildman–Crippen MR) is 102 cm³/mol. The highest BCUT2D eigenvalue weighted by molar-refractivity contribution is 7.99. The molecule has 1 N–H and O–H groups in total. The van der Waals surface area contributed by atoms with Crippen molar-refractivity contribution >= 4 is 35.1 Å². The molecule has 2 rings (SSSR count). The molecule has 7 heteroatoms. The molecule has 0 aliphatic heterocycles. The molecule has 2 aromatic rings. The van der Waals surface area contributed by atoms with Crippen molar-refractivity contribution in [3.8, 4) is 0 Å². The lowest BCUT2D eigenvalue weighted by Gasteiger charge is -2.14. The predicted octanol–water partition coefficient (Wildman–Crippen LogP) is 4.08. The van der Waals surface area contributed by atoms with Crippen LogP contribution in [0.1, 0.15) is 30.6 Å². The number of hydrogen-bond acceptors (Lipinski definition) is 5. The first-order valence-corrected chi connectivity index (χ1v) is 9.33. The molecule has 0 aromatic heterocycles. The van der Waals surface area contributed by atoms with Gasteiger partial charge in [-0.3, -0.25) is 14.4 Å². The summed E-state index contributed by atoms with van der Waals surface area (Å²) in [4.78, 5) is 36.2. The molecule has 0 saturated heterocycles. The van der Waals surface area contributed by atoms with Gasteiger partial charge < -0.3 is 10.1 Å². The molecule has 5 nitrogen and oxygen atoms in total. The van der Waals surface area contributed by atoms with Gasteiger partial charge in [-0.25, -0.2) is 4.39 Å². The largest absolute Gasteiger partial charge is 0.453 e. The number of carbonyl (C=O) groups is 3. The molecule has 0 aliphatic rings. The summed E-state index contributed by atoms with van der Waals surface area (Å²) in [7, 11) is 0. The number of esters is 1. The Hall–Kier alpha value is -2.67. The summed E-state index contributed by atoms with van der Waals surface area (Å²) >= 11 is 1.40. The van der Waals surface area contributed by atoms with E-state index in [9.17, 15) is 18.8 Å². The van der Waals surface area contributed by atoms with Crippen molar-refractivity contribution in [3.05, 3.63) is 59.9 Å². The van der Waals surface area contributed by atoms with Crippen molar-refractivity contribution in [1.82, 2.24) is 0 Å². The highest BCUT2D eigenvalue weighted by Gasteiger charge is 2.18. The van der Waals surface area contributed by atoms with Crippen LogP contribution < -0.4 is 5.32 Å². The summed E-state index contributed by atoms with van der Waals surface area (Å²) in [6.07, 6.45) is -0.839. The van der Waals surface area contributed by atoms with E-state index in [0.29, 0.717) is 17.0 Å². The second kappa shape index (κ2) is 9.87. The quantitative estimate of drug-likeness (QED) is 0.418. The lowest BCUT2D eigenvalue weighted by Crippen LogP contribution is -2.30. The van der Waals surface area contributed by atoms with Crippen LogP contribution in [0.5, 0.6) is 0 Å². The molecule has 142 valence electrons. The maximum absolute atomic E-state index is 12.8. The van der Waals surface area contributed by atoms with Crippen molar-refractivity contribution < 1.29 is 23.5 Å². The second-order valence-corrected chi connectivity index (χ2v) is 6.98. The first-order valence-electron chi connectivity index (χ1n) is 8.35. The molecule has 27 heavy (non-hydrogen) atoms. The minimum atomic E-state index is -0.964. The highest BCUT2D eigenvalue weighted by Crippen LogP contribution is 2.19. The average molecular weight is 389 g/mol. The number of hydrogen-bond donors (Lipinski definition) is 1. The third-order valence-corrected chi connectivity index (χ3v) is 4.62. The first kappa shape index (κ1) is 20.6. The van der Waals surface area contributed by atoms with Gasteiger partial charge in [0.05, 0.1) is 6.42 Å². The fraction of sp³-hybridized carbons (Fsp3) is 0.250. The van der Waals surface area contributed by atoms with Crippen molar-refractivity contribution in [3.63, 3.8) is 0 Å². The van der Waals surface area contributed by atoms with Gasteiger partial charge in [0.15, 0.2) is 11.9 Å². The van der Waals surface area contributed by atoms with Crippen molar-refractivity contribution in [2.45, 2.75) is 31.3 Å². The average Bonchev–Trinajstić information content (AvgIpc) is 2.63. The molecule has 0 unspecified atom stereocenters. The van der Waals surface area contributed by atoms with Crippen LogP contribution in [0.2, 0.25) is 0 Å². The summed E-state index contributed by atoms with van der Waals surface area (Å²) in [6.45, 7) is 2.92. The number of carbonyl (C=O) groups excluding carboxylic acids is 3. The Balaban J connectivity index is 1.77. The Morgan fingerprint density at radius 1 is 1.15 bits per heavy atom. The van der Waals surface area contributed by atoms with E-state index in [1.165, 1.54) is 37.7 Å². The number of ether oxygens (including phenoxy) is 1. The van der Waals surface area contributed by atoms with Crippen molar-refractivity contribution in [1.29, 1.82) is 0 Å². The van der Waals surface area contributed by atoms with Crippen LogP contribution in [0.4, 0.5) is 10.1 Å². The zero-order valence-electron chi connectivity index (χ0n) is 15.0. The van der Waals surface area contributed by atoms with Gasteiger partial charge in [0.2, 0.25) is 0 Å². The van der Waals surface area contributed by atoms with E-state index in [1.54, 1.807) is 36.4 Å². The molecular formula is C20H20FNO4S. The number of halogens is 1. The van der Waals surface area contributed by atoms with E-state index in [-0.39, 0.29) is 18.0 Å². The van der Waals surface area contributed by atoms with E-state index < -0.39 is 18.0 Å².